The van der Waals surface area contributed by atoms with Gasteiger partial charge in [0, 0.05) is 0 Å². The van der Waals surface area contributed by atoms with E-state index in [0.717, 1.165) is 12.2 Å². The quantitative estimate of drug-likeness (QED) is 0.482. The molecule has 0 heterocycles. The van der Waals surface area contributed by atoms with Crippen LogP contribution in [0.5, 0.6) is 0 Å². The fourth-order valence-corrected chi connectivity index (χ4v) is 4.27. The Balaban J connectivity index is 0.00000180. The van der Waals surface area contributed by atoms with E-state index in [1.165, 1.54) is 19.9 Å². The topological polar surface area (TPSA) is 0 Å². The van der Waals surface area contributed by atoms with Gasteiger partial charge in [-0.05, 0) is 0 Å². The molecule has 1 aliphatic carbocycles. The van der Waals surface area contributed by atoms with Crippen LogP contribution in [0.25, 0.3) is 0 Å². The summed E-state index contributed by atoms with van der Waals surface area (Å²) in [5, 5.41) is 0. The van der Waals surface area contributed by atoms with Crippen LogP contribution in [0, 0.1) is 0 Å². The van der Waals surface area contributed by atoms with Crippen LogP contribution in [0.4, 0.5) is 0 Å². The number of allylic oxidation sites excluding steroid dienone is 4. The van der Waals surface area contributed by atoms with Gasteiger partial charge in [-0.25, -0.2) is 0 Å². The van der Waals surface area contributed by atoms with Gasteiger partial charge in [-0.1, -0.05) is 0 Å². The van der Waals surface area contributed by atoms with Crippen molar-refractivity contribution in [3.8, 4) is 0 Å². The third-order valence-corrected chi connectivity index (χ3v) is 5.16. The fourth-order valence-electron chi connectivity index (χ4n) is 2.50. The Kier molecular flexibility index (Phi) is 8.86. The molecule has 107 valence electrons. The van der Waals surface area contributed by atoms with Crippen LogP contribution >= 0.6 is 11.8 Å². The molecular formula is C16H19Cl2STi. The molecule has 1 aromatic carbocycles. The summed E-state index contributed by atoms with van der Waals surface area (Å²) in [6.07, 6.45) is 5.70. The molecule has 0 N–H and O–H groups in total. The van der Waals surface area contributed by atoms with E-state index in [9.17, 15) is 0 Å². The Morgan fingerprint density at radius 1 is 1.20 bits per heavy atom. The zero-order valence-corrected chi connectivity index (χ0v) is 15.9. The van der Waals surface area contributed by atoms with Crippen LogP contribution in [-0.4, -0.2) is 5.75 Å². The number of rotatable bonds is 4. The van der Waals surface area contributed by atoms with Gasteiger partial charge in [-0.3, -0.25) is 0 Å². The molecule has 0 saturated carbocycles. The molecule has 0 radical (unpaired) electrons. The summed E-state index contributed by atoms with van der Waals surface area (Å²) in [6, 6.07) is 8.83. The Hall–Kier alpha value is 0.344. The third-order valence-electron chi connectivity index (χ3n) is 3.47. The van der Waals surface area contributed by atoms with E-state index >= 15 is 0 Å². The van der Waals surface area contributed by atoms with E-state index in [2.05, 4.69) is 77.6 Å². The Labute approximate surface area is 151 Å². The summed E-state index contributed by atoms with van der Waals surface area (Å²) in [5.74, 6) is 1.13. The van der Waals surface area contributed by atoms with Gasteiger partial charge < -0.3 is 24.8 Å². The Morgan fingerprint density at radius 2 is 1.85 bits per heavy atom. The SMILES string of the molecule is CCSc1ccccc1C(C)(C)C1=[C]([Ti+2])CC=C1.[Cl-].[Cl-]. The second-order valence-electron chi connectivity index (χ2n) is 5.05. The molecule has 0 nitrogen and oxygen atoms in total. The molecule has 0 aliphatic heterocycles. The molecule has 0 aromatic heterocycles. The first-order valence-corrected chi connectivity index (χ1v) is 8.18. The van der Waals surface area contributed by atoms with Crippen LogP contribution in [0.3, 0.4) is 0 Å². The van der Waals surface area contributed by atoms with Crippen molar-refractivity contribution in [2.24, 2.45) is 0 Å². The summed E-state index contributed by atoms with van der Waals surface area (Å²) in [6.45, 7) is 6.90. The molecule has 4 heteroatoms. The van der Waals surface area contributed by atoms with Crippen molar-refractivity contribution in [2.45, 2.75) is 37.5 Å². The van der Waals surface area contributed by atoms with Crippen LogP contribution in [0.2, 0.25) is 0 Å². The molecule has 0 saturated heterocycles. The molecule has 0 fully saturated rings. The van der Waals surface area contributed by atoms with Crippen LogP contribution in [0.15, 0.2) is 50.8 Å². The monoisotopic (exact) mass is 361 g/mol. The molecule has 0 atom stereocenters. The van der Waals surface area contributed by atoms with Crippen molar-refractivity contribution in [2.75, 3.05) is 5.75 Å². The predicted octanol–water partition coefficient (Wildman–Crippen LogP) is -1.15. The van der Waals surface area contributed by atoms with Crippen LogP contribution < -0.4 is 24.8 Å². The first-order valence-electron chi connectivity index (χ1n) is 6.41. The van der Waals surface area contributed by atoms with Crippen LogP contribution in [0.1, 0.15) is 32.8 Å². The minimum absolute atomic E-state index is 0. The Morgan fingerprint density at radius 3 is 2.40 bits per heavy atom. The zero-order valence-electron chi connectivity index (χ0n) is 12.0. The molecule has 1 aliphatic rings. The second kappa shape index (κ2) is 8.71. The minimum Gasteiger partial charge on any atom is -1.00 e. The van der Waals surface area contributed by atoms with Gasteiger partial charge in [0.2, 0.25) is 0 Å². The van der Waals surface area contributed by atoms with Crippen molar-refractivity contribution in [3.05, 3.63) is 51.4 Å². The van der Waals surface area contributed by atoms with E-state index in [0.29, 0.717) is 0 Å². The van der Waals surface area contributed by atoms with Gasteiger partial charge in [0.1, 0.15) is 0 Å². The fraction of sp³-hybridized carbons (Fsp3) is 0.375. The van der Waals surface area contributed by atoms with Gasteiger partial charge in [0.05, 0.1) is 0 Å². The van der Waals surface area contributed by atoms with Crippen molar-refractivity contribution in [3.63, 3.8) is 0 Å². The average molecular weight is 362 g/mol. The second-order valence-corrected chi connectivity index (χ2v) is 7.30. The van der Waals surface area contributed by atoms with Crippen LogP contribution in [-0.2, 0) is 25.9 Å². The summed E-state index contributed by atoms with van der Waals surface area (Å²) in [7, 11) is 0. The van der Waals surface area contributed by atoms with E-state index in [1.54, 1.807) is 0 Å². The van der Waals surface area contributed by atoms with Crippen molar-refractivity contribution in [1.29, 1.82) is 0 Å². The van der Waals surface area contributed by atoms with E-state index < -0.39 is 0 Å². The molecule has 0 spiro atoms. The first kappa shape index (κ1) is 20.3. The van der Waals surface area contributed by atoms with Gasteiger partial charge in [-0.15, -0.1) is 0 Å². The van der Waals surface area contributed by atoms with E-state index in [4.69, 9.17) is 0 Å². The zero-order chi connectivity index (χ0) is 13.2. The molecule has 0 amide bonds. The number of halogens is 2. The van der Waals surface area contributed by atoms with Gasteiger partial charge in [-0.2, -0.15) is 0 Å². The number of benzene rings is 1. The molecule has 20 heavy (non-hydrogen) atoms. The van der Waals surface area contributed by atoms with E-state index in [-0.39, 0.29) is 30.2 Å². The standard InChI is InChI=1S/C16H19S.2ClH.Ti/c1-4-17-15-12-8-7-11-14(15)16(2,3)13-9-5-6-10-13;;;/h5,7-9,11-12H,4,6H2,1-3H3;2*1H;/q;;;+2/p-2. The molecule has 1 aromatic rings. The summed E-state index contributed by atoms with van der Waals surface area (Å²) in [5.41, 5.74) is 3.06. The summed E-state index contributed by atoms with van der Waals surface area (Å²) < 4.78 is 1.51. The summed E-state index contributed by atoms with van der Waals surface area (Å²) in [4.78, 5) is 1.42. The first-order chi connectivity index (χ1) is 8.57. The maximum atomic E-state index is 2.34. The van der Waals surface area contributed by atoms with Crippen molar-refractivity contribution < 1.29 is 45.2 Å². The number of hydrogen-bond donors (Lipinski definition) is 0. The average Bonchev–Trinajstić information content (AvgIpc) is 2.77. The van der Waals surface area contributed by atoms with Crippen molar-refractivity contribution >= 4 is 11.8 Å². The number of thioether (sulfide) groups is 1. The maximum Gasteiger partial charge on any atom is -1.00 e. The van der Waals surface area contributed by atoms with Gasteiger partial charge >= 0.3 is 127 Å². The third kappa shape index (κ3) is 4.18. The Bertz CT molecular complexity index is 507. The number of hydrogen-bond acceptors (Lipinski definition) is 1. The van der Waals surface area contributed by atoms with E-state index in [1.807, 2.05) is 11.8 Å². The summed E-state index contributed by atoms with van der Waals surface area (Å²) >= 11 is 4.20. The molecule has 0 bridgehead atoms. The van der Waals surface area contributed by atoms with Gasteiger partial charge in [0.25, 0.3) is 0 Å². The minimum atomic E-state index is 0. The normalized spacial score (nSPS) is 14.1. The molecular weight excluding hydrogens is 343 g/mol. The smallest absolute Gasteiger partial charge is 1.00 e. The predicted molar refractivity (Wildman–Crippen MR) is 76.6 cm³/mol. The molecule has 0 unspecified atom stereocenters. The maximum absolute atomic E-state index is 2.34. The molecule has 2 rings (SSSR count). The van der Waals surface area contributed by atoms with Gasteiger partial charge in [0.15, 0.2) is 0 Å². The van der Waals surface area contributed by atoms with Crippen molar-refractivity contribution in [1.82, 2.24) is 0 Å². The largest absolute Gasteiger partial charge is 1.00 e.